The summed E-state index contributed by atoms with van der Waals surface area (Å²) in [5, 5.41) is 13.6. The number of benzene rings is 2. The number of carboxylic acids is 1. The summed E-state index contributed by atoms with van der Waals surface area (Å²) in [5.41, 5.74) is 3.79. The molecule has 13 heteroatoms. The SMILES string of the molecule is Cc1cc(C2CCN(CC(F)(F)F)CC2)ccc1COc1ccccc1-c1cccc(N2N=CC(C(=O)O)C2C(F)(F)F)n1. The minimum atomic E-state index is -4.86. The van der Waals surface area contributed by atoms with Crippen molar-refractivity contribution in [3.05, 3.63) is 77.4 Å². The quantitative estimate of drug-likeness (QED) is 0.279. The Balaban J connectivity index is 1.29. The van der Waals surface area contributed by atoms with Gasteiger partial charge >= 0.3 is 18.3 Å². The third-order valence-corrected chi connectivity index (χ3v) is 7.92. The number of aryl methyl sites for hydroxylation is 1. The predicted octanol–water partition coefficient (Wildman–Crippen LogP) is 6.82. The van der Waals surface area contributed by atoms with Crippen LogP contribution in [0.5, 0.6) is 5.75 Å². The molecule has 5 rings (SSSR count). The highest BCUT2D eigenvalue weighted by atomic mass is 19.4. The topological polar surface area (TPSA) is 78.3 Å². The Labute approximate surface area is 249 Å². The zero-order valence-corrected chi connectivity index (χ0v) is 23.6. The number of aliphatic carboxylic acids is 1. The molecule has 2 aromatic carbocycles. The first-order chi connectivity index (χ1) is 20.8. The van der Waals surface area contributed by atoms with E-state index >= 15 is 0 Å². The molecule has 1 saturated heterocycles. The zero-order chi connectivity index (χ0) is 31.6. The highest BCUT2D eigenvalue weighted by molar-refractivity contribution is 5.92. The summed E-state index contributed by atoms with van der Waals surface area (Å²) in [7, 11) is 0. The Morgan fingerprint density at radius 2 is 1.73 bits per heavy atom. The van der Waals surface area contributed by atoms with Gasteiger partial charge in [0, 0.05) is 11.8 Å². The van der Waals surface area contributed by atoms with E-state index in [4.69, 9.17) is 4.74 Å². The molecule has 0 bridgehead atoms. The molecule has 2 unspecified atom stereocenters. The zero-order valence-electron chi connectivity index (χ0n) is 23.6. The lowest BCUT2D eigenvalue weighted by molar-refractivity contribution is -0.166. The van der Waals surface area contributed by atoms with Crippen molar-refractivity contribution < 1.29 is 41.0 Å². The molecule has 0 amide bonds. The lowest BCUT2D eigenvalue weighted by Crippen LogP contribution is -2.47. The Kier molecular flexibility index (Phi) is 8.87. The van der Waals surface area contributed by atoms with Crippen LogP contribution in [0.15, 0.2) is 65.8 Å². The van der Waals surface area contributed by atoms with E-state index in [1.807, 2.05) is 25.1 Å². The number of piperidine rings is 1. The fourth-order valence-electron chi connectivity index (χ4n) is 5.67. The van der Waals surface area contributed by atoms with Crippen LogP contribution < -0.4 is 9.75 Å². The minimum Gasteiger partial charge on any atom is -0.488 e. The van der Waals surface area contributed by atoms with Crippen molar-refractivity contribution in [2.45, 2.75) is 50.7 Å². The van der Waals surface area contributed by atoms with E-state index in [0.29, 0.717) is 47.9 Å². The maximum absolute atomic E-state index is 13.8. The van der Waals surface area contributed by atoms with Crippen LogP contribution in [0.4, 0.5) is 32.2 Å². The van der Waals surface area contributed by atoms with E-state index in [2.05, 4.69) is 10.1 Å². The second-order valence-corrected chi connectivity index (χ2v) is 11.0. The van der Waals surface area contributed by atoms with Crippen molar-refractivity contribution in [1.82, 2.24) is 9.88 Å². The molecular formula is C31H30F6N4O3. The molecular weight excluding hydrogens is 590 g/mol. The van der Waals surface area contributed by atoms with Gasteiger partial charge in [0.1, 0.15) is 24.1 Å². The lowest BCUT2D eigenvalue weighted by Gasteiger charge is -2.32. The average molecular weight is 621 g/mol. The van der Waals surface area contributed by atoms with Gasteiger partial charge in [0.05, 0.1) is 12.2 Å². The number of aromatic nitrogens is 1. The number of alkyl halides is 6. The molecule has 0 spiro atoms. The van der Waals surface area contributed by atoms with Gasteiger partial charge in [-0.15, -0.1) is 0 Å². The molecule has 44 heavy (non-hydrogen) atoms. The van der Waals surface area contributed by atoms with Gasteiger partial charge in [0.25, 0.3) is 0 Å². The monoisotopic (exact) mass is 620 g/mol. The molecule has 234 valence electrons. The number of likely N-dealkylation sites (tertiary alicyclic amines) is 1. The van der Waals surface area contributed by atoms with E-state index in [-0.39, 0.29) is 18.3 Å². The molecule has 0 aliphatic carbocycles. The fraction of sp³-hybridized carbons (Fsp3) is 0.387. The summed E-state index contributed by atoms with van der Waals surface area (Å²) in [6, 6.07) is 15.0. The maximum atomic E-state index is 13.8. The number of rotatable bonds is 8. The number of halogens is 6. The molecule has 3 heterocycles. The van der Waals surface area contributed by atoms with Gasteiger partial charge in [-0.3, -0.25) is 9.69 Å². The third-order valence-electron chi connectivity index (χ3n) is 7.92. The molecule has 1 aromatic heterocycles. The number of para-hydroxylation sites is 1. The normalized spacial score (nSPS) is 19.8. The number of carbonyl (C=O) groups is 1. The standard InChI is InChI=1S/C31H30F6N4O3/c1-19-15-21(20-11-13-40(14-12-20)18-30(32,33)34)9-10-22(19)17-44-26-7-3-2-5-23(26)25-6-4-8-27(39-25)41-28(31(35,36)37)24(16-38-41)29(42)43/h2-10,15-16,20,24,28H,11-14,17-18H2,1H3,(H,42,43). The van der Waals surface area contributed by atoms with Crippen LogP contribution >= 0.6 is 0 Å². The van der Waals surface area contributed by atoms with Crippen LogP contribution in [-0.2, 0) is 11.4 Å². The van der Waals surface area contributed by atoms with E-state index in [9.17, 15) is 36.2 Å². The van der Waals surface area contributed by atoms with E-state index in [1.165, 1.54) is 17.0 Å². The van der Waals surface area contributed by atoms with Gasteiger partial charge in [-0.2, -0.15) is 31.4 Å². The Hall–Kier alpha value is -4.13. The first kappa shape index (κ1) is 31.3. The van der Waals surface area contributed by atoms with Crippen LogP contribution in [0, 0.1) is 12.8 Å². The van der Waals surface area contributed by atoms with Gasteiger partial charge in [0.15, 0.2) is 6.04 Å². The van der Waals surface area contributed by atoms with Gasteiger partial charge in [-0.1, -0.05) is 36.4 Å². The summed E-state index contributed by atoms with van der Waals surface area (Å²) >= 11 is 0. The first-order valence-corrected chi connectivity index (χ1v) is 14.0. The number of nitrogens with zero attached hydrogens (tertiary/aromatic N) is 4. The highest BCUT2D eigenvalue weighted by Gasteiger charge is 2.54. The number of hydrogen-bond donors (Lipinski definition) is 1. The number of pyridine rings is 1. The second-order valence-electron chi connectivity index (χ2n) is 11.0. The van der Waals surface area contributed by atoms with E-state index < -0.39 is 36.8 Å². The van der Waals surface area contributed by atoms with Crippen molar-refractivity contribution in [3.8, 4) is 17.0 Å². The molecule has 0 radical (unpaired) electrons. The molecule has 2 atom stereocenters. The number of anilines is 1. The smallest absolute Gasteiger partial charge is 0.412 e. The van der Waals surface area contributed by atoms with Crippen LogP contribution in [0.25, 0.3) is 11.3 Å². The first-order valence-electron chi connectivity index (χ1n) is 14.0. The fourth-order valence-corrected chi connectivity index (χ4v) is 5.67. The van der Waals surface area contributed by atoms with Gasteiger partial charge in [-0.25, -0.2) is 9.99 Å². The highest BCUT2D eigenvalue weighted by Crippen LogP contribution is 2.38. The van der Waals surface area contributed by atoms with Crippen LogP contribution in [0.1, 0.15) is 35.4 Å². The van der Waals surface area contributed by atoms with Crippen LogP contribution in [-0.4, -0.2) is 65.2 Å². The predicted molar refractivity (Wildman–Crippen MR) is 152 cm³/mol. The van der Waals surface area contributed by atoms with Gasteiger partial charge in [0.2, 0.25) is 0 Å². The summed E-state index contributed by atoms with van der Waals surface area (Å²) in [4.78, 5) is 17.3. The second kappa shape index (κ2) is 12.5. The number of carboxylic acid groups (broad SMARTS) is 1. The average Bonchev–Trinajstić information content (AvgIpc) is 3.43. The summed E-state index contributed by atoms with van der Waals surface area (Å²) in [5.74, 6) is -3.04. The number of hydrazone groups is 1. The molecule has 1 N–H and O–H groups in total. The third kappa shape index (κ3) is 7.15. The van der Waals surface area contributed by atoms with Gasteiger partial charge < -0.3 is 9.84 Å². The largest absolute Gasteiger partial charge is 0.488 e. The molecule has 2 aliphatic heterocycles. The molecule has 7 nitrogen and oxygen atoms in total. The van der Waals surface area contributed by atoms with Crippen LogP contribution in [0.3, 0.4) is 0 Å². The lowest BCUT2D eigenvalue weighted by atomic mass is 9.88. The summed E-state index contributed by atoms with van der Waals surface area (Å²) in [6.07, 6.45) is -7.01. The van der Waals surface area contributed by atoms with Crippen molar-refractivity contribution >= 4 is 18.0 Å². The van der Waals surface area contributed by atoms with Crippen molar-refractivity contribution in [3.63, 3.8) is 0 Å². The minimum absolute atomic E-state index is 0.157. The summed E-state index contributed by atoms with van der Waals surface area (Å²) in [6.45, 7) is 2.03. The van der Waals surface area contributed by atoms with E-state index in [1.54, 1.807) is 30.3 Å². The van der Waals surface area contributed by atoms with Crippen LogP contribution in [0.2, 0.25) is 0 Å². The Bertz CT molecular complexity index is 1520. The Morgan fingerprint density at radius 3 is 2.39 bits per heavy atom. The number of hydrogen-bond acceptors (Lipinski definition) is 6. The number of ether oxygens (including phenoxy) is 1. The van der Waals surface area contributed by atoms with E-state index in [0.717, 1.165) is 22.9 Å². The maximum Gasteiger partial charge on any atom is 0.412 e. The van der Waals surface area contributed by atoms with Gasteiger partial charge in [-0.05, 0) is 79.7 Å². The summed E-state index contributed by atoms with van der Waals surface area (Å²) < 4.78 is 85.8. The van der Waals surface area contributed by atoms with Crippen molar-refractivity contribution in [2.24, 2.45) is 11.0 Å². The Morgan fingerprint density at radius 1 is 1.00 bits per heavy atom. The van der Waals surface area contributed by atoms with Crippen molar-refractivity contribution in [1.29, 1.82) is 0 Å². The molecule has 1 fully saturated rings. The van der Waals surface area contributed by atoms with Crippen molar-refractivity contribution in [2.75, 3.05) is 24.6 Å². The molecule has 2 aliphatic rings. The molecule has 0 saturated carbocycles. The molecule has 3 aromatic rings.